The second-order valence-electron chi connectivity index (χ2n) is 6.56. The molecule has 2 atom stereocenters. The van der Waals surface area contributed by atoms with Crippen molar-refractivity contribution < 1.29 is 0 Å². The topological polar surface area (TPSA) is 27.0 Å². The summed E-state index contributed by atoms with van der Waals surface area (Å²) in [5, 5.41) is 9.38. The summed E-state index contributed by atoms with van der Waals surface area (Å²) < 4.78 is 0. The molecule has 2 unspecified atom stereocenters. The number of piperidine rings is 1. The molecule has 0 aromatic carbocycles. The highest BCUT2D eigenvalue weighted by Crippen LogP contribution is 2.32. The SMILES string of the molecule is CC(C)C1CCN(C2CCCCCC2C#N)CC1. The van der Waals surface area contributed by atoms with Gasteiger partial charge in [0.2, 0.25) is 0 Å². The van der Waals surface area contributed by atoms with E-state index in [-0.39, 0.29) is 0 Å². The van der Waals surface area contributed by atoms with E-state index in [2.05, 4.69) is 24.8 Å². The Morgan fingerprint density at radius 2 is 1.67 bits per heavy atom. The van der Waals surface area contributed by atoms with Gasteiger partial charge in [-0.3, -0.25) is 4.90 Å². The fraction of sp³-hybridized carbons (Fsp3) is 0.938. The minimum Gasteiger partial charge on any atom is -0.299 e. The fourth-order valence-corrected chi connectivity index (χ4v) is 3.79. The van der Waals surface area contributed by atoms with E-state index < -0.39 is 0 Å². The van der Waals surface area contributed by atoms with Crippen LogP contribution >= 0.6 is 0 Å². The largest absolute Gasteiger partial charge is 0.299 e. The second kappa shape index (κ2) is 6.57. The van der Waals surface area contributed by atoms with E-state index in [1.54, 1.807) is 0 Å². The normalized spacial score (nSPS) is 32.1. The molecule has 1 saturated heterocycles. The molecule has 0 N–H and O–H groups in total. The Bertz CT molecular complexity index is 284. The predicted molar refractivity (Wildman–Crippen MR) is 75.1 cm³/mol. The van der Waals surface area contributed by atoms with Gasteiger partial charge in [-0.2, -0.15) is 5.26 Å². The van der Waals surface area contributed by atoms with Gasteiger partial charge in [0, 0.05) is 6.04 Å². The van der Waals surface area contributed by atoms with Gasteiger partial charge in [-0.05, 0) is 50.6 Å². The summed E-state index contributed by atoms with van der Waals surface area (Å²) in [6.07, 6.45) is 8.98. The summed E-state index contributed by atoms with van der Waals surface area (Å²) in [5.41, 5.74) is 0. The maximum absolute atomic E-state index is 9.38. The molecule has 2 fully saturated rings. The molecular weight excluding hydrogens is 220 g/mol. The number of hydrogen-bond donors (Lipinski definition) is 0. The van der Waals surface area contributed by atoms with Crippen molar-refractivity contribution in [3.05, 3.63) is 0 Å². The molecule has 102 valence electrons. The molecule has 18 heavy (non-hydrogen) atoms. The lowest BCUT2D eigenvalue weighted by Crippen LogP contribution is -2.45. The summed E-state index contributed by atoms with van der Waals surface area (Å²) in [5.74, 6) is 2.03. The van der Waals surface area contributed by atoms with Crippen LogP contribution in [0.25, 0.3) is 0 Å². The number of nitrogens with zero attached hydrogens (tertiary/aromatic N) is 2. The van der Waals surface area contributed by atoms with Crippen LogP contribution in [0.4, 0.5) is 0 Å². The lowest BCUT2D eigenvalue weighted by Gasteiger charge is -2.40. The molecule has 1 heterocycles. The summed E-state index contributed by atoms with van der Waals surface area (Å²) in [4.78, 5) is 2.64. The van der Waals surface area contributed by atoms with Crippen LogP contribution in [0.1, 0.15) is 58.8 Å². The van der Waals surface area contributed by atoms with Crippen LogP contribution in [0, 0.1) is 29.1 Å². The Kier molecular flexibility index (Phi) is 5.06. The molecule has 2 aliphatic rings. The Labute approximate surface area is 112 Å². The van der Waals surface area contributed by atoms with Crippen molar-refractivity contribution in [3.63, 3.8) is 0 Å². The Morgan fingerprint density at radius 3 is 2.28 bits per heavy atom. The van der Waals surface area contributed by atoms with Crippen LogP contribution in [-0.2, 0) is 0 Å². The van der Waals surface area contributed by atoms with Crippen molar-refractivity contribution >= 4 is 0 Å². The van der Waals surface area contributed by atoms with E-state index in [4.69, 9.17) is 0 Å². The maximum Gasteiger partial charge on any atom is 0.0672 e. The van der Waals surface area contributed by atoms with Gasteiger partial charge in [-0.25, -0.2) is 0 Å². The Morgan fingerprint density at radius 1 is 1.00 bits per heavy atom. The van der Waals surface area contributed by atoms with E-state index in [0.717, 1.165) is 18.3 Å². The van der Waals surface area contributed by atoms with Crippen LogP contribution in [-0.4, -0.2) is 24.0 Å². The third-order valence-corrected chi connectivity index (χ3v) is 5.13. The molecule has 0 bridgehead atoms. The van der Waals surface area contributed by atoms with Gasteiger partial charge in [-0.15, -0.1) is 0 Å². The van der Waals surface area contributed by atoms with Gasteiger partial charge < -0.3 is 0 Å². The number of likely N-dealkylation sites (tertiary alicyclic amines) is 1. The Hall–Kier alpha value is -0.550. The van der Waals surface area contributed by atoms with Gasteiger partial charge >= 0.3 is 0 Å². The van der Waals surface area contributed by atoms with Crippen LogP contribution in [0.2, 0.25) is 0 Å². The fourth-order valence-electron chi connectivity index (χ4n) is 3.79. The van der Waals surface area contributed by atoms with Crippen molar-refractivity contribution in [2.75, 3.05) is 13.1 Å². The molecule has 0 aromatic rings. The summed E-state index contributed by atoms with van der Waals surface area (Å²) in [6, 6.07) is 3.14. The van der Waals surface area contributed by atoms with Crippen molar-refractivity contribution in [3.8, 4) is 6.07 Å². The van der Waals surface area contributed by atoms with Crippen LogP contribution in [0.3, 0.4) is 0 Å². The molecule has 2 rings (SSSR count). The van der Waals surface area contributed by atoms with Gasteiger partial charge in [0.1, 0.15) is 0 Å². The Balaban J connectivity index is 1.92. The number of nitriles is 1. The van der Waals surface area contributed by atoms with Gasteiger partial charge in [-0.1, -0.05) is 33.1 Å². The predicted octanol–water partition coefficient (Wildman–Crippen LogP) is 3.83. The van der Waals surface area contributed by atoms with Gasteiger partial charge in [0.25, 0.3) is 0 Å². The van der Waals surface area contributed by atoms with Crippen molar-refractivity contribution in [2.45, 2.75) is 64.8 Å². The molecule has 1 aliphatic heterocycles. The van der Waals surface area contributed by atoms with Gasteiger partial charge in [0.05, 0.1) is 12.0 Å². The monoisotopic (exact) mass is 248 g/mol. The highest BCUT2D eigenvalue weighted by atomic mass is 15.2. The van der Waals surface area contributed by atoms with Crippen molar-refractivity contribution in [1.29, 1.82) is 5.26 Å². The zero-order chi connectivity index (χ0) is 13.0. The van der Waals surface area contributed by atoms with Gasteiger partial charge in [0.15, 0.2) is 0 Å². The van der Waals surface area contributed by atoms with Crippen molar-refractivity contribution in [2.24, 2.45) is 17.8 Å². The minimum atomic E-state index is 0.295. The summed E-state index contributed by atoms with van der Waals surface area (Å²) in [7, 11) is 0. The molecule has 2 heteroatoms. The zero-order valence-corrected chi connectivity index (χ0v) is 12.1. The summed E-state index contributed by atoms with van der Waals surface area (Å²) in [6.45, 7) is 7.16. The first kappa shape index (κ1) is 13.9. The molecule has 0 aromatic heterocycles. The average Bonchev–Trinajstić information content (AvgIpc) is 2.63. The van der Waals surface area contributed by atoms with Crippen LogP contribution in [0.15, 0.2) is 0 Å². The first-order valence-corrected chi connectivity index (χ1v) is 7.86. The number of rotatable bonds is 2. The quantitative estimate of drug-likeness (QED) is 0.694. The molecule has 0 amide bonds. The smallest absolute Gasteiger partial charge is 0.0672 e. The molecule has 2 nitrogen and oxygen atoms in total. The highest BCUT2D eigenvalue weighted by Gasteiger charge is 2.32. The zero-order valence-electron chi connectivity index (χ0n) is 12.1. The lowest BCUT2D eigenvalue weighted by atomic mass is 9.84. The molecule has 0 radical (unpaired) electrons. The molecule has 0 spiro atoms. The van der Waals surface area contributed by atoms with Crippen LogP contribution in [0.5, 0.6) is 0 Å². The average molecular weight is 248 g/mol. The van der Waals surface area contributed by atoms with E-state index in [0.29, 0.717) is 12.0 Å². The molecule has 1 aliphatic carbocycles. The molecule has 1 saturated carbocycles. The standard InChI is InChI=1S/C16H28N2/c1-13(2)14-8-10-18(11-9-14)16-7-5-3-4-6-15(16)12-17/h13-16H,3-11H2,1-2H3. The van der Waals surface area contributed by atoms with E-state index in [1.165, 1.54) is 51.6 Å². The van der Waals surface area contributed by atoms with E-state index in [1.807, 2.05) is 0 Å². The van der Waals surface area contributed by atoms with Crippen molar-refractivity contribution in [1.82, 2.24) is 4.90 Å². The third-order valence-electron chi connectivity index (χ3n) is 5.13. The third kappa shape index (κ3) is 3.26. The number of hydrogen-bond acceptors (Lipinski definition) is 2. The van der Waals surface area contributed by atoms with E-state index >= 15 is 0 Å². The van der Waals surface area contributed by atoms with E-state index in [9.17, 15) is 5.26 Å². The maximum atomic E-state index is 9.38. The summed E-state index contributed by atoms with van der Waals surface area (Å²) >= 11 is 0. The van der Waals surface area contributed by atoms with Crippen LogP contribution < -0.4 is 0 Å². The first-order valence-electron chi connectivity index (χ1n) is 7.86. The lowest BCUT2D eigenvalue weighted by molar-refractivity contribution is 0.0906. The first-order chi connectivity index (χ1) is 8.72. The highest BCUT2D eigenvalue weighted by molar-refractivity contribution is 4.95. The minimum absolute atomic E-state index is 0.295. The second-order valence-corrected chi connectivity index (χ2v) is 6.56. The molecular formula is C16H28N2.